The highest BCUT2D eigenvalue weighted by atomic mass is 32.2. The van der Waals surface area contributed by atoms with E-state index in [1.54, 1.807) is 21.0 Å². The first-order valence-electron chi connectivity index (χ1n) is 6.34. The zero-order valence-electron chi connectivity index (χ0n) is 12.0. The number of carbonyl (C=O) groups excluding carboxylic acids is 1. The van der Waals surface area contributed by atoms with Crippen LogP contribution in [-0.2, 0) is 4.74 Å². The van der Waals surface area contributed by atoms with Crippen LogP contribution >= 0.6 is 11.8 Å². The van der Waals surface area contributed by atoms with Gasteiger partial charge in [-0.3, -0.25) is 0 Å². The number of aryl methyl sites for hydroxylation is 1. The van der Waals surface area contributed by atoms with Gasteiger partial charge in [-0.15, -0.1) is 10.2 Å². The molecule has 0 aliphatic carbocycles. The first-order valence-corrected chi connectivity index (χ1v) is 7.16. The molecule has 0 unspecified atom stereocenters. The van der Waals surface area contributed by atoms with Gasteiger partial charge in [0.05, 0.1) is 13.7 Å². The second-order valence-corrected chi connectivity index (χ2v) is 5.08. The van der Waals surface area contributed by atoms with Crippen LogP contribution in [0.1, 0.15) is 23.2 Å². The molecule has 7 heteroatoms. The Morgan fingerprint density at radius 2 is 2.14 bits per heavy atom. The molecule has 2 aromatic rings. The molecule has 0 saturated carbocycles. The van der Waals surface area contributed by atoms with Crippen LogP contribution in [0.5, 0.6) is 5.75 Å². The lowest BCUT2D eigenvalue weighted by Crippen LogP contribution is -2.12. The van der Waals surface area contributed by atoms with Crippen LogP contribution in [0.15, 0.2) is 34.2 Å². The van der Waals surface area contributed by atoms with Gasteiger partial charge in [-0.2, -0.15) is 0 Å². The van der Waals surface area contributed by atoms with Crippen molar-refractivity contribution < 1.29 is 14.3 Å². The van der Waals surface area contributed by atoms with E-state index < -0.39 is 5.97 Å². The number of carbonyl (C=O) groups is 1. The summed E-state index contributed by atoms with van der Waals surface area (Å²) in [7, 11) is 1.60. The summed E-state index contributed by atoms with van der Waals surface area (Å²) in [5, 5.41) is 8.35. The number of ether oxygens (including phenoxy) is 2. The second-order valence-electron chi connectivity index (χ2n) is 4.01. The molecule has 0 bridgehead atoms. The molecule has 0 radical (unpaired) electrons. The molecule has 110 valence electrons. The van der Waals surface area contributed by atoms with Crippen molar-refractivity contribution in [1.82, 2.24) is 15.2 Å². The first-order chi connectivity index (χ1) is 10.1. The Labute approximate surface area is 126 Å². The molecule has 0 aliphatic rings. The van der Waals surface area contributed by atoms with Gasteiger partial charge in [0.25, 0.3) is 0 Å². The van der Waals surface area contributed by atoms with Crippen LogP contribution in [0.3, 0.4) is 0 Å². The van der Waals surface area contributed by atoms with Gasteiger partial charge in [0, 0.05) is 4.90 Å². The monoisotopic (exact) mass is 305 g/mol. The normalized spacial score (nSPS) is 10.2. The highest BCUT2D eigenvalue weighted by Crippen LogP contribution is 2.30. The van der Waals surface area contributed by atoms with E-state index in [1.165, 1.54) is 11.8 Å². The maximum Gasteiger partial charge on any atom is 0.359 e. The molecule has 21 heavy (non-hydrogen) atoms. The Morgan fingerprint density at radius 3 is 2.86 bits per heavy atom. The minimum atomic E-state index is -0.499. The minimum absolute atomic E-state index is 0.178. The number of benzene rings is 1. The van der Waals surface area contributed by atoms with Gasteiger partial charge in [0.15, 0.2) is 10.7 Å². The molecule has 1 aromatic heterocycles. The van der Waals surface area contributed by atoms with Crippen molar-refractivity contribution >= 4 is 17.7 Å². The fraction of sp³-hybridized carbons (Fsp3) is 0.286. The van der Waals surface area contributed by atoms with E-state index in [1.807, 2.05) is 24.3 Å². The fourth-order valence-electron chi connectivity index (χ4n) is 1.57. The van der Waals surface area contributed by atoms with Crippen LogP contribution in [0.2, 0.25) is 0 Å². The Hall–Kier alpha value is -2.15. The van der Waals surface area contributed by atoms with Gasteiger partial charge in [0.1, 0.15) is 11.6 Å². The third kappa shape index (κ3) is 3.91. The molecule has 0 aliphatic heterocycles. The summed E-state index contributed by atoms with van der Waals surface area (Å²) in [6.07, 6.45) is 0. The predicted octanol–water partition coefficient (Wildman–Crippen LogP) is 2.52. The summed E-state index contributed by atoms with van der Waals surface area (Å²) >= 11 is 1.29. The second kappa shape index (κ2) is 7.03. The molecule has 0 N–H and O–H groups in total. The van der Waals surface area contributed by atoms with Crippen molar-refractivity contribution in [2.45, 2.75) is 23.8 Å². The number of rotatable bonds is 5. The molecular formula is C14H15N3O3S. The molecule has 0 spiro atoms. The number of hydrogen-bond acceptors (Lipinski definition) is 7. The smallest absolute Gasteiger partial charge is 0.359 e. The summed E-state index contributed by atoms with van der Waals surface area (Å²) < 4.78 is 10.2. The zero-order chi connectivity index (χ0) is 15.2. The van der Waals surface area contributed by atoms with Crippen LogP contribution in [0.4, 0.5) is 0 Å². The quantitative estimate of drug-likeness (QED) is 0.786. The molecule has 6 nitrogen and oxygen atoms in total. The van der Waals surface area contributed by atoms with E-state index in [-0.39, 0.29) is 12.3 Å². The average molecular weight is 305 g/mol. The molecule has 0 amide bonds. The highest BCUT2D eigenvalue weighted by Gasteiger charge is 2.18. The maximum absolute atomic E-state index is 11.9. The third-order valence-corrected chi connectivity index (χ3v) is 3.44. The molecule has 1 aromatic carbocycles. The van der Waals surface area contributed by atoms with E-state index in [4.69, 9.17) is 9.47 Å². The maximum atomic E-state index is 11.9. The summed E-state index contributed by atoms with van der Waals surface area (Å²) in [4.78, 5) is 16.9. The van der Waals surface area contributed by atoms with Crippen LogP contribution < -0.4 is 4.74 Å². The molecular weight excluding hydrogens is 290 g/mol. The first kappa shape index (κ1) is 15.2. The van der Waals surface area contributed by atoms with Crippen molar-refractivity contribution in [3.63, 3.8) is 0 Å². The van der Waals surface area contributed by atoms with Gasteiger partial charge in [-0.1, -0.05) is 17.8 Å². The number of hydrogen-bond donors (Lipinski definition) is 0. The van der Waals surface area contributed by atoms with Crippen molar-refractivity contribution in [2.24, 2.45) is 0 Å². The van der Waals surface area contributed by atoms with E-state index in [0.717, 1.165) is 10.6 Å². The number of nitrogens with zero attached hydrogens (tertiary/aromatic N) is 3. The SMILES string of the molecule is CCOC(=O)c1nc(C)nnc1Sc1cccc(OC)c1. The molecule has 0 atom stereocenters. The van der Waals surface area contributed by atoms with E-state index >= 15 is 0 Å². The topological polar surface area (TPSA) is 74.2 Å². The Bertz CT molecular complexity index is 649. The van der Waals surface area contributed by atoms with Crippen molar-refractivity contribution in [3.8, 4) is 5.75 Å². The van der Waals surface area contributed by atoms with E-state index in [9.17, 15) is 4.79 Å². The molecule has 0 saturated heterocycles. The lowest BCUT2D eigenvalue weighted by atomic mass is 10.3. The van der Waals surface area contributed by atoms with Gasteiger partial charge < -0.3 is 9.47 Å². The predicted molar refractivity (Wildman–Crippen MR) is 77.6 cm³/mol. The van der Waals surface area contributed by atoms with Crippen LogP contribution in [0, 0.1) is 6.92 Å². The summed E-state index contributed by atoms with van der Waals surface area (Å²) in [6.45, 7) is 3.70. The Kier molecular flexibility index (Phi) is 5.10. The number of aromatic nitrogens is 3. The van der Waals surface area contributed by atoms with Gasteiger partial charge >= 0.3 is 5.97 Å². The standard InChI is InChI=1S/C14H15N3O3S/c1-4-20-14(18)12-13(17-16-9(2)15-12)21-11-7-5-6-10(8-11)19-3/h5-8H,4H2,1-3H3. The average Bonchev–Trinajstić information content (AvgIpc) is 2.49. The van der Waals surface area contributed by atoms with Crippen molar-refractivity contribution in [2.75, 3.05) is 13.7 Å². The van der Waals surface area contributed by atoms with E-state index in [0.29, 0.717) is 10.9 Å². The van der Waals surface area contributed by atoms with E-state index in [2.05, 4.69) is 15.2 Å². The molecule has 0 fully saturated rings. The number of esters is 1. The lowest BCUT2D eigenvalue weighted by molar-refractivity contribution is 0.0513. The molecule has 1 heterocycles. The third-order valence-electron chi connectivity index (χ3n) is 2.49. The van der Waals surface area contributed by atoms with Crippen molar-refractivity contribution in [3.05, 3.63) is 35.8 Å². The summed E-state index contributed by atoms with van der Waals surface area (Å²) in [5.41, 5.74) is 0.178. The zero-order valence-corrected chi connectivity index (χ0v) is 12.8. The largest absolute Gasteiger partial charge is 0.497 e. The lowest BCUT2D eigenvalue weighted by Gasteiger charge is -2.07. The summed E-state index contributed by atoms with van der Waals surface area (Å²) in [6, 6.07) is 7.44. The van der Waals surface area contributed by atoms with Gasteiger partial charge in [0.2, 0.25) is 0 Å². The van der Waals surface area contributed by atoms with Crippen LogP contribution in [0.25, 0.3) is 0 Å². The highest BCUT2D eigenvalue weighted by molar-refractivity contribution is 7.99. The van der Waals surface area contributed by atoms with Gasteiger partial charge in [-0.25, -0.2) is 9.78 Å². The molecule has 2 rings (SSSR count). The van der Waals surface area contributed by atoms with Gasteiger partial charge in [-0.05, 0) is 32.0 Å². The number of methoxy groups -OCH3 is 1. The van der Waals surface area contributed by atoms with Crippen molar-refractivity contribution in [1.29, 1.82) is 0 Å². The fourth-order valence-corrected chi connectivity index (χ4v) is 2.43. The minimum Gasteiger partial charge on any atom is -0.497 e. The van der Waals surface area contributed by atoms with Crippen LogP contribution in [-0.4, -0.2) is 34.9 Å². The summed E-state index contributed by atoms with van der Waals surface area (Å²) in [5.74, 6) is 0.652. The Morgan fingerprint density at radius 1 is 1.33 bits per heavy atom. The Balaban J connectivity index is 2.32.